The first-order valence-corrected chi connectivity index (χ1v) is 6.34. The van der Waals surface area contributed by atoms with Gasteiger partial charge in [0.15, 0.2) is 0 Å². The molecule has 2 fully saturated rings. The first kappa shape index (κ1) is 13.4. The number of aliphatic hydroxyl groups is 1. The molecule has 0 bridgehead atoms. The van der Waals surface area contributed by atoms with E-state index < -0.39 is 23.2 Å². The molecule has 0 atom stereocenters. The van der Waals surface area contributed by atoms with E-state index in [1.807, 2.05) is 0 Å². The Morgan fingerprint density at radius 2 is 2.00 bits per heavy atom. The number of nitrogens with zero attached hydrogens (tertiary/aromatic N) is 2. The van der Waals surface area contributed by atoms with Gasteiger partial charge in [0.2, 0.25) is 0 Å². The van der Waals surface area contributed by atoms with Gasteiger partial charge in [-0.3, -0.25) is 9.78 Å². The molecule has 1 aliphatic heterocycles. The molecule has 1 aromatic heterocycles. The van der Waals surface area contributed by atoms with E-state index in [0.717, 1.165) is 25.0 Å². The third kappa shape index (κ3) is 2.26. The SMILES string of the molecule is O=C(c1ccc(C(F)(F)F)cn1)N1CC(O)(C2CC2)C1. The number of halogens is 3. The Kier molecular flexibility index (Phi) is 2.79. The maximum Gasteiger partial charge on any atom is 0.417 e. The number of likely N-dealkylation sites (tertiary alicyclic amines) is 1. The lowest BCUT2D eigenvalue weighted by atomic mass is 9.88. The lowest BCUT2D eigenvalue weighted by Crippen LogP contribution is -2.64. The van der Waals surface area contributed by atoms with E-state index in [0.29, 0.717) is 6.20 Å². The van der Waals surface area contributed by atoms with Gasteiger partial charge in [0.1, 0.15) is 11.3 Å². The van der Waals surface area contributed by atoms with Crippen LogP contribution in [0.5, 0.6) is 0 Å². The molecule has 4 nitrogen and oxygen atoms in total. The number of carbonyl (C=O) groups is 1. The van der Waals surface area contributed by atoms with Gasteiger partial charge in [-0.1, -0.05) is 0 Å². The number of hydrogen-bond acceptors (Lipinski definition) is 3. The first-order chi connectivity index (χ1) is 9.29. The van der Waals surface area contributed by atoms with E-state index in [2.05, 4.69) is 4.98 Å². The zero-order chi connectivity index (χ0) is 14.5. The number of aromatic nitrogens is 1. The van der Waals surface area contributed by atoms with Crippen molar-refractivity contribution in [3.05, 3.63) is 29.6 Å². The van der Waals surface area contributed by atoms with E-state index in [1.54, 1.807) is 0 Å². The van der Waals surface area contributed by atoms with Crippen LogP contribution in [0.3, 0.4) is 0 Å². The minimum atomic E-state index is -4.46. The van der Waals surface area contributed by atoms with Gasteiger partial charge in [-0.15, -0.1) is 0 Å². The highest BCUT2D eigenvalue weighted by atomic mass is 19.4. The molecule has 1 N–H and O–H groups in total. The summed E-state index contributed by atoms with van der Waals surface area (Å²) in [4.78, 5) is 17.0. The quantitative estimate of drug-likeness (QED) is 0.900. The second-order valence-electron chi connectivity index (χ2n) is 5.47. The Hall–Kier alpha value is -1.63. The van der Waals surface area contributed by atoms with Crippen molar-refractivity contribution in [3.63, 3.8) is 0 Å². The minimum Gasteiger partial charge on any atom is -0.386 e. The van der Waals surface area contributed by atoms with Crippen LogP contribution in [0, 0.1) is 5.92 Å². The molecule has 0 unspecified atom stereocenters. The van der Waals surface area contributed by atoms with Crippen molar-refractivity contribution in [1.82, 2.24) is 9.88 Å². The van der Waals surface area contributed by atoms with E-state index in [9.17, 15) is 23.1 Å². The monoisotopic (exact) mass is 286 g/mol. The molecular formula is C13H13F3N2O2. The van der Waals surface area contributed by atoms with Gasteiger partial charge in [-0.05, 0) is 30.9 Å². The van der Waals surface area contributed by atoms with Crippen LogP contribution in [0.15, 0.2) is 18.3 Å². The van der Waals surface area contributed by atoms with Crippen molar-refractivity contribution >= 4 is 5.91 Å². The molecule has 2 heterocycles. The Balaban J connectivity index is 1.66. The largest absolute Gasteiger partial charge is 0.417 e. The van der Waals surface area contributed by atoms with Gasteiger partial charge in [0, 0.05) is 6.20 Å². The van der Waals surface area contributed by atoms with Gasteiger partial charge in [0.25, 0.3) is 5.91 Å². The van der Waals surface area contributed by atoms with Crippen molar-refractivity contribution < 1.29 is 23.1 Å². The smallest absolute Gasteiger partial charge is 0.386 e. The Morgan fingerprint density at radius 3 is 2.45 bits per heavy atom. The van der Waals surface area contributed by atoms with E-state index in [1.165, 1.54) is 4.90 Å². The summed E-state index contributed by atoms with van der Waals surface area (Å²) >= 11 is 0. The second-order valence-corrected chi connectivity index (χ2v) is 5.47. The Bertz CT molecular complexity index is 532. The summed E-state index contributed by atoms with van der Waals surface area (Å²) < 4.78 is 37.2. The molecule has 1 saturated carbocycles. The molecular weight excluding hydrogens is 273 g/mol. The maximum atomic E-state index is 12.4. The number of hydrogen-bond donors (Lipinski definition) is 1. The maximum absolute atomic E-state index is 12.4. The Morgan fingerprint density at radius 1 is 1.35 bits per heavy atom. The normalized spacial score (nSPS) is 21.5. The number of carbonyl (C=O) groups excluding carboxylic acids is 1. The number of amides is 1. The van der Waals surface area contributed by atoms with Crippen molar-refractivity contribution in [2.45, 2.75) is 24.6 Å². The van der Waals surface area contributed by atoms with Gasteiger partial charge in [-0.2, -0.15) is 13.2 Å². The zero-order valence-electron chi connectivity index (χ0n) is 10.5. The summed E-state index contributed by atoms with van der Waals surface area (Å²) in [5.41, 5.74) is -1.72. The standard InChI is InChI=1S/C13H13F3N2O2/c14-13(15,16)9-3-4-10(17-5-9)11(19)18-6-12(20,7-18)8-1-2-8/h3-5,8,20H,1-2,6-7H2. The average Bonchev–Trinajstić information content (AvgIpc) is 3.18. The van der Waals surface area contributed by atoms with Gasteiger partial charge in [0.05, 0.1) is 18.7 Å². The number of rotatable bonds is 2. The zero-order valence-corrected chi connectivity index (χ0v) is 10.5. The predicted molar refractivity (Wildman–Crippen MR) is 62.8 cm³/mol. The van der Waals surface area contributed by atoms with Crippen molar-refractivity contribution in [2.75, 3.05) is 13.1 Å². The lowest BCUT2D eigenvalue weighted by Gasteiger charge is -2.46. The van der Waals surface area contributed by atoms with E-state index >= 15 is 0 Å². The highest BCUT2D eigenvalue weighted by Gasteiger charge is 2.53. The number of β-amino-alcohol motifs (C(OH)–C–C–N with tert-alkyl or cyclic N) is 1. The summed E-state index contributed by atoms with van der Waals surface area (Å²) in [5, 5.41) is 10.1. The van der Waals surface area contributed by atoms with Crippen LogP contribution in [0.4, 0.5) is 13.2 Å². The molecule has 0 aromatic carbocycles. The molecule has 1 aliphatic carbocycles. The third-order valence-electron chi connectivity index (χ3n) is 3.86. The molecule has 1 aromatic rings. The molecule has 2 aliphatic rings. The fourth-order valence-corrected chi connectivity index (χ4v) is 2.49. The predicted octanol–water partition coefficient (Wildman–Crippen LogP) is 1.70. The van der Waals surface area contributed by atoms with E-state index in [-0.39, 0.29) is 24.7 Å². The minimum absolute atomic E-state index is 0.0316. The van der Waals surface area contributed by atoms with Gasteiger partial charge in [-0.25, -0.2) is 0 Å². The third-order valence-corrected chi connectivity index (χ3v) is 3.86. The molecule has 0 spiro atoms. The molecule has 3 rings (SSSR count). The van der Waals surface area contributed by atoms with Gasteiger partial charge >= 0.3 is 6.18 Å². The average molecular weight is 286 g/mol. The Labute approximate surface area is 113 Å². The van der Waals surface area contributed by atoms with Crippen molar-refractivity contribution in [1.29, 1.82) is 0 Å². The van der Waals surface area contributed by atoms with Crippen LogP contribution in [0.1, 0.15) is 28.9 Å². The van der Waals surface area contributed by atoms with Gasteiger partial charge < -0.3 is 10.0 Å². The fourth-order valence-electron chi connectivity index (χ4n) is 2.49. The van der Waals surface area contributed by atoms with Crippen molar-refractivity contribution in [3.8, 4) is 0 Å². The number of pyridine rings is 1. The summed E-state index contributed by atoms with van der Waals surface area (Å²) in [6, 6.07) is 1.91. The first-order valence-electron chi connectivity index (χ1n) is 6.34. The molecule has 1 saturated heterocycles. The van der Waals surface area contributed by atoms with E-state index in [4.69, 9.17) is 0 Å². The fraction of sp³-hybridized carbons (Fsp3) is 0.538. The topological polar surface area (TPSA) is 53.4 Å². The van der Waals surface area contributed by atoms with Crippen LogP contribution < -0.4 is 0 Å². The van der Waals surface area contributed by atoms with Crippen molar-refractivity contribution in [2.24, 2.45) is 5.92 Å². The molecule has 108 valence electrons. The molecule has 1 amide bonds. The highest BCUT2D eigenvalue weighted by Crippen LogP contribution is 2.44. The summed E-state index contributed by atoms with van der Waals surface area (Å²) in [5.74, 6) is -0.184. The molecule has 0 radical (unpaired) electrons. The summed E-state index contributed by atoms with van der Waals surface area (Å²) in [6.45, 7) is 0.471. The molecule has 20 heavy (non-hydrogen) atoms. The second kappa shape index (κ2) is 4.18. The summed E-state index contributed by atoms with van der Waals surface area (Å²) in [6.07, 6.45) is -1.87. The summed E-state index contributed by atoms with van der Waals surface area (Å²) in [7, 11) is 0. The van der Waals surface area contributed by atoms with Crippen LogP contribution in [0.2, 0.25) is 0 Å². The lowest BCUT2D eigenvalue weighted by molar-refractivity contribution is -0.137. The number of alkyl halides is 3. The van der Waals surface area contributed by atoms with Crippen LogP contribution in [-0.2, 0) is 6.18 Å². The van der Waals surface area contributed by atoms with Crippen LogP contribution in [-0.4, -0.2) is 39.6 Å². The van der Waals surface area contributed by atoms with Crippen LogP contribution in [0.25, 0.3) is 0 Å². The highest BCUT2D eigenvalue weighted by molar-refractivity contribution is 5.93. The molecule has 7 heteroatoms. The van der Waals surface area contributed by atoms with Crippen LogP contribution >= 0.6 is 0 Å².